The second-order valence-corrected chi connectivity index (χ2v) is 4.19. The van der Waals surface area contributed by atoms with Gasteiger partial charge in [-0.1, -0.05) is 19.8 Å². The lowest BCUT2D eigenvalue weighted by molar-refractivity contribution is 0.0304. The molecule has 0 heterocycles. The fourth-order valence-corrected chi connectivity index (χ4v) is 1.44. The second kappa shape index (κ2) is 7.96. The van der Waals surface area contributed by atoms with Gasteiger partial charge in [-0.05, 0) is 37.6 Å². The number of rotatable bonds is 8. The van der Waals surface area contributed by atoms with E-state index in [0.29, 0.717) is 6.61 Å². The predicted molar refractivity (Wildman–Crippen MR) is 68.5 cm³/mol. The van der Waals surface area contributed by atoms with E-state index in [1.165, 1.54) is 12.8 Å². The van der Waals surface area contributed by atoms with Crippen LogP contribution in [0.3, 0.4) is 0 Å². The van der Waals surface area contributed by atoms with Crippen LogP contribution in [0.5, 0.6) is 11.5 Å². The molecule has 0 amide bonds. The van der Waals surface area contributed by atoms with Crippen molar-refractivity contribution < 1.29 is 14.6 Å². The van der Waals surface area contributed by atoms with E-state index in [9.17, 15) is 0 Å². The Morgan fingerprint density at radius 3 is 2.53 bits per heavy atom. The van der Waals surface area contributed by atoms with Crippen LogP contribution in [0.25, 0.3) is 0 Å². The first-order chi connectivity index (χ1) is 8.22. The summed E-state index contributed by atoms with van der Waals surface area (Å²) in [5, 5.41) is 9.12. The molecule has 3 nitrogen and oxygen atoms in total. The molecule has 17 heavy (non-hydrogen) atoms. The van der Waals surface area contributed by atoms with Crippen molar-refractivity contribution in [2.45, 2.75) is 39.2 Å². The molecule has 0 saturated carbocycles. The van der Waals surface area contributed by atoms with Gasteiger partial charge in [0, 0.05) is 6.61 Å². The Labute approximate surface area is 103 Å². The fourth-order valence-electron chi connectivity index (χ4n) is 1.44. The van der Waals surface area contributed by atoms with Crippen LogP contribution in [0.15, 0.2) is 24.3 Å². The van der Waals surface area contributed by atoms with Crippen LogP contribution in [0.1, 0.15) is 33.1 Å². The summed E-state index contributed by atoms with van der Waals surface area (Å²) in [5.74, 6) is 1.01. The Morgan fingerprint density at radius 1 is 1.18 bits per heavy atom. The zero-order valence-electron chi connectivity index (χ0n) is 10.7. The maximum atomic E-state index is 9.12. The molecule has 1 rings (SSSR count). The lowest BCUT2D eigenvalue weighted by Gasteiger charge is -2.14. The third-order valence-corrected chi connectivity index (χ3v) is 2.47. The molecule has 1 unspecified atom stereocenters. The summed E-state index contributed by atoms with van der Waals surface area (Å²) >= 11 is 0. The van der Waals surface area contributed by atoms with Gasteiger partial charge < -0.3 is 14.6 Å². The average Bonchev–Trinajstić information content (AvgIpc) is 2.34. The van der Waals surface area contributed by atoms with E-state index in [1.807, 2.05) is 6.92 Å². The Morgan fingerprint density at radius 2 is 1.88 bits per heavy atom. The minimum absolute atomic E-state index is 0.0978. The average molecular weight is 238 g/mol. The molecule has 0 aromatic heterocycles. The Hall–Kier alpha value is -1.22. The molecule has 0 fully saturated rings. The van der Waals surface area contributed by atoms with Gasteiger partial charge in [-0.2, -0.15) is 0 Å². The molecule has 0 aliphatic rings. The number of aromatic hydroxyl groups is 1. The molecule has 0 spiro atoms. The molecule has 3 heteroatoms. The molecule has 0 radical (unpaired) electrons. The smallest absolute Gasteiger partial charge is 0.119 e. The number of phenolic OH excluding ortho intramolecular Hbond substituents is 1. The molecular weight excluding hydrogens is 216 g/mol. The number of unbranched alkanes of at least 4 members (excludes halogenated alkanes) is 2. The summed E-state index contributed by atoms with van der Waals surface area (Å²) in [6, 6.07) is 6.72. The summed E-state index contributed by atoms with van der Waals surface area (Å²) in [5.41, 5.74) is 0. The SMILES string of the molecule is CCCCCOC(C)COc1ccc(O)cc1. The van der Waals surface area contributed by atoms with Crippen LogP contribution < -0.4 is 4.74 Å². The minimum atomic E-state index is 0.0978. The van der Waals surface area contributed by atoms with Crippen LogP contribution in [-0.4, -0.2) is 24.4 Å². The van der Waals surface area contributed by atoms with Gasteiger partial charge in [0.15, 0.2) is 0 Å². The van der Waals surface area contributed by atoms with Crippen molar-refractivity contribution in [1.82, 2.24) is 0 Å². The van der Waals surface area contributed by atoms with Gasteiger partial charge in [0.25, 0.3) is 0 Å². The van der Waals surface area contributed by atoms with Crippen LogP contribution in [-0.2, 0) is 4.74 Å². The molecule has 1 N–H and O–H groups in total. The monoisotopic (exact) mass is 238 g/mol. The Balaban J connectivity index is 2.14. The van der Waals surface area contributed by atoms with Crippen molar-refractivity contribution in [3.8, 4) is 11.5 Å². The zero-order chi connectivity index (χ0) is 12.5. The van der Waals surface area contributed by atoms with Gasteiger partial charge >= 0.3 is 0 Å². The normalized spacial score (nSPS) is 12.4. The highest BCUT2D eigenvalue weighted by atomic mass is 16.5. The summed E-state index contributed by atoms with van der Waals surface area (Å²) in [6.45, 7) is 5.52. The molecule has 0 bridgehead atoms. The zero-order valence-corrected chi connectivity index (χ0v) is 10.7. The molecule has 1 aromatic rings. The van der Waals surface area contributed by atoms with E-state index in [2.05, 4.69) is 6.92 Å². The highest BCUT2D eigenvalue weighted by molar-refractivity contribution is 5.30. The maximum absolute atomic E-state index is 9.12. The van der Waals surface area contributed by atoms with Crippen LogP contribution in [0.4, 0.5) is 0 Å². The first kappa shape index (κ1) is 13.8. The topological polar surface area (TPSA) is 38.7 Å². The molecule has 1 aromatic carbocycles. The Kier molecular flexibility index (Phi) is 6.48. The van der Waals surface area contributed by atoms with Crippen molar-refractivity contribution in [2.24, 2.45) is 0 Å². The van der Waals surface area contributed by atoms with E-state index in [1.54, 1.807) is 24.3 Å². The number of hydrogen-bond acceptors (Lipinski definition) is 3. The van der Waals surface area contributed by atoms with Crippen molar-refractivity contribution in [3.05, 3.63) is 24.3 Å². The quantitative estimate of drug-likeness (QED) is 0.706. The number of hydrogen-bond donors (Lipinski definition) is 1. The van der Waals surface area contributed by atoms with Crippen LogP contribution >= 0.6 is 0 Å². The largest absolute Gasteiger partial charge is 0.508 e. The highest BCUT2D eigenvalue weighted by Gasteiger charge is 2.03. The van der Waals surface area contributed by atoms with Gasteiger partial charge in [-0.25, -0.2) is 0 Å². The van der Waals surface area contributed by atoms with Gasteiger partial charge in [-0.15, -0.1) is 0 Å². The van der Waals surface area contributed by atoms with Crippen LogP contribution in [0.2, 0.25) is 0 Å². The molecule has 96 valence electrons. The highest BCUT2D eigenvalue weighted by Crippen LogP contribution is 2.16. The fraction of sp³-hybridized carbons (Fsp3) is 0.571. The number of ether oxygens (including phenoxy) is 2. The van der Waals surface area contributed by atoms with Gasteiger partial charge in [0.2, 0.25) is 0 Å². The van der Waals surface area contributed by atoms with Crippen LogP contribution in [0, 0.1) is 0 Å². The maximum Gasteiger partial charge on any atom is 0.119 e. The van der Waals surface area contributed by atoms with Gasteiger partial charge in [0.1, 0.15) is 18.1 Å². The van der Waals surface area contributed by atoms with Crippen molar-refractivity contribution in [2.75, 3.05) is 13.2 Å². The third kappa shape index (κ3) is 6.17. The van der Waals surface area contributed by atoms with E-state index in [0.717, 1.165) is 18.8 Å². The first-order valence-corrected chi connectivity index (χ1v) is 6.25. The third-order valence-electron chi connectivity index (χ3n) is 2.47. The van der Waals surface area contributed by atoms with Crippen molar-refractivity contribution in [1.29, 1.82) is 0 Å². The van der Waals surface area contributed by atoms with E-state index < -0.39 is 0 Å². The summed E-state index contributed by atoms with van der Waals surface area (Å²) < 4.78 is 11.2. The lowest BCUT2D eigenvalue weighted by Crippen LogP contribution is -2.18. The first-order valence-electron chi connectivity index (χ1n) is 6.25. The summed E-state index contributed by atoms with van der Waals surface area (Å²) in [7, 11) is 0. The van der Waals surface area contributed by atoms with Crippen molar-refractivity contribution in [3.63, 3.8) is 0 Å². The standard InChI is InChI=1S/C14H22O3/c1-3-4-5-10-16-12(2)11-17-14-8-6-13(15)7-9-14/h6-9,12,15H,3-5,10-11H2,1-2H3. The van der Waals surface area contributed by atoms with Crippen molar-refractivity contribution >= 4 is 0 Å². The second-order valence-electron chi connectivity index (χ2n) is 4.19. The Bertz CT molecular complexity index is 295. The van der Waals surface area contributed by atoms with E-state index in [-0.39, 0.29) is 11.9 Å². The minimum Gasteiger partial charge on any atom is -0.508 e. The lowest BCUT2D eigenvalue weighted by atomic mass is 10.3. The molecule has 0 aliphatic carbocycles. The van der Waals surface area contributed by atoms with E-state index in [4.69, 9.17) is 14.6 Å². The molecule has 0 saturated heterocycles. The number of benzene rings is 1. The summed E-state index contributed by atoms with van der Waals surface area (Å²) in [6.07, 6.45) is 3.63. The molecular formula is C14H22O3. The van der Waals surface area contributed by atoms with Gasteiger partial charge in [0.05, 0.1) is 6.10 Å². The molecule has 0 aliphatic heterocycles. The van der Waals surface area contributed by atoms with Gasteiger partial charge in [-0.3, -0.25) is 0 Å². The molecule has 1 atom stereocenters. The number of phenols is 1. The summed E-state index contributed by atoms with van der Waals surface area (Å²) in [4.78, 5) is 0. The predicted octanol–water partition coefficient (Wildman–Crippen LogP) is 3.37. The van der Waals surface area contributed by atoms with E-state index >= 15 is 0 Å².